The first-order valence-corrected chi connectivity index (χ1v) is 7.40. The molecule has 0 amide bonds. The van der Waals surface area contributed by atoms with Gasteiger partial charge in [-0.2, -0.15) is 0 Å². The highest BCUT2D eigenvalue weighted by atomic mass is 35.5. The van der Waals surface area contributed by atoms with Gasteiger partial charge in [0.15, 0.2) is 0 Å². The van der Waals surface area contributed by atoms with Gasteiger partial charge in [0, 0.05) is 36.3 Å². The van der Waals surface area contributed by atoms with E-state index in [1.807, 2.05) is 0 Å². The summed E-state index contributed by atoms with van der Waals surface area (Å²) in [6.07, 6.45) is 2.56. The third-order valence-corrected chi connectivity index (χ3v) is 4.66. The van der Waals surface area contributed by atoms with Crippen LogP contribution in [-0.4, -0.2) is 25.4 Å². The van der Waals surface area contributed by atoms with Crippen LogP contribution in [-0.2, 0) is 9.47 Å². The Hall–Kier alpha value is -0.680. The van der Waals surface area contributed by atoms with Gasteiger partial charge in [-0.3, -0.25) is 0 Å². The maximum absolute atomic E-state index is 13.9. The molecule has 2 aliphatic rings. The van der Waals surface area contributed by atoms with Gasteiger partial charge in [0.05, 0.1) is 12.2 Å². The predicted octanol–water partition coefficient (Wildman–Crippen LogP) is 3.06. The minimum absolute atomic E-state index is 0.193. The van der Waals surface area contributed by atoms with Crippen molar-refractivity contribution in [3.8, 4) is 0 Å². The Balaban J connectivity index is 1.79. The second kappa shape index (κ2) is 5.60. The van der Waals surface area contributed by atoms with Crippen molar-refractivity contribution < 1.29 is 13.9 Å². The predicted molar refractivity (Wildman–Crippen MR) is 75.2 cm³/mol. The van der Waals surface area contributed by atoms with Crippen LogP contribution >= 0.6 is 11.6 Å². The summed E-state index contributed by atoms with van der Waals surface area (Å²) in [5, 5.41) is 0.517. The molecule has 3 rings (SSSR count). The molecule has 3 atom stereocenters. The number of hydrogen-bond donors (Lipinski definition) is 1. The van der Waals surface area contributed by atoms with Crippen molar-refractivity contribution in [2.45, 2.75) is 30.9 Å². The lowest BCUT2D eigenvalue weighted by molar-refractivity contribution is -0.101. The van der Waals surface area contributed by atoms with Crippen LogP contribution in [0.3, 0.4) is 0 Å². The molecule has 1 aromatic rings. The molecule has 1 aromatic carbocycles. The van der Waals surface area contributed by atoms with Gasteiger partial charge in [-0.05, 0) is 37.0 Å². The Morgan fingerprint density at radius 2 is 2.25 bits per heavy atom. The molecule has 5 heteroatoms. The average molecular weight is 300 g/mol. The molecule has 0 radical (unpaired) electrons. The molecule has 0 aromatic heterocycles. The highest BCUT2D eigenvalue weighted by Gasteiger charge is 2.42. The number of benzene rings is 1. The zero-order chi connectivity index (χ0) is 14.2. The van der Waals surface area contributed by atoms with Crippen LogP contribution in [0.5, 0.6) is 0 Å². The van der Waals surface area contributed by atoms with Gasteiger partial charge in [-0.15, -0.1) is 0 Å². The molecular formula is C15H19ClFNO2. The van der Waals surface area contributed by atoms with Crippen LogP contribution in [0.4, 0.5) is 4.39 Å². The second-order valence-electron chi connectivity index (χ2n) is 5.78. The summed E-state index contributed by atoms with van der Waals surface area (Å²) in [6.45, 7) is 2.01. The lowest BCUT2D eigenvalue weighted by atomic mass is 9.79. The summed E-state index contributed by atoms with van der Waals surface area (Å²) in [5.41, 5.74) is 6.58. The van der Waals surface area contributed by atoms with Gasteiger partial charge in [0.25, 0.3) is 0 Å². The van der Waals surface area contributed by atoms with Crippen molar-refractivity contribution >= 4 is 11.6 Å². The average Bonchev–Trinajstić information content (AvgIpc) is 2.88. The molecule has 0 bridgehead atoms. The molecule has 1 spiro atoms. The van der Waals surface area contributed by atoms with E-state index in [0.29, 0.717) is 23.8 Å². The fourth-order valence-electron chi connectivity index (χ4n) is 3.26. The van der Waals surface area contributed by atoms with E-state index in [0.717, 1.165) is 25.9 Å². The minimum Gasteiger partial charge on any atom is -0.378 e. The van der Waals surface area contributed by atoms with Gasteiger partial charge in [-0.25, -0.2) is 4.39 Å². The summed E-state index contributed by atoms with van der Waals surface area (Å²) in [5.74, 6) is -0.0940. The maximum atomic E-state index is 13.9. The number of rotatable bonds is 2. The highest BCUT2D eigenvalue weighted by molar-refractivity contribution is 6.30. The van der Waals surface area contributed by atoms with Crippen molar-refractivity contribution in [3.63, 3.8) is 0 Å². The summed E-state index contributed by atoms with van der Waals surface area (Å²) in [4.78, 5) is 0. The van der Waals surface area contributed by atoms with Crippen molar-refractivity contribution in [3.05, 3.63) is 34.6 Å². The van der Waals surface area contributed by atoms with Gasteiger partial charge in [0.2, 0.25) is 0 Å². The van der Waals surface area contributed by atoms with E-state index >= 15 is 0 Å². The molecule has 2 fully saturated rings. The number of nitrogens with two attached hydrogens (primary N) is 1. The van der Waals surface area contributed by atoms with E-state index in [4.69, 9.17) is 26.8 Å². The lowest BCUT2D eigenvalue weighted by Crippen LogP contribution is -2.43. The van der Waals surface area contributed by atoms with Gasteiger partial charge >= 0.3 is 0 Å². The molecule has 3 unspecified atom stereocenters. The highest BCUT2D eigenvalue weighted by Crippen LogP contribution is 2.40. The number of hydrogen-bond acceptors (Lipinski definition) is 3. The molecule has 2 aliphatic heterocycles. The van der Waals surface area contributed by atoms with Crippen LogP contribution in [0.1, 0.15) is 30.9 Å². The Labute approximate surface area is 123 Å². The van der Waals surface area contributed by atoms with E-state index in [9.17, 15) is 4.39 Å². The Kier molecular flexibility index (Phi) is 4.00. The van der Waals surface area contributed by atoms with Gasteiger partial charge < -0.3 is 15.2 Å². The first-order valence-electron chi connectivity index (χ1n) is 7.02. The Morgan fingerprint density at radius 1 is 1.40 bits per heavy atom. The topological polar surface area (TPSA) is 44.5 Å². The maximum Gasteiger partial charge on any atom is 0.128 e. The number of halogens is 2. The summed E-state index contributed by atoms with van der Waals surface area (Å²) in [6, 6.07) is 4.21. The van der Waals surface area contributed by atoms with E-state index in [1.165, 1.54) is 6.07 Å². The minimum atomic E-state index is -0.352. The fraction of sp³-hybridized carbons (Fsp3) is 0.600. The standard InChI is InChI=1S/C15H19ClFNO2/c16-11-1-2-13(17)12(7-11)14(18)10-3-5-20-15(8-10)4-6-19-9-15/h1-2,7,10,14H,3-6,8-9,18H2. The fourth-order valence-corrected chi connectivity index (χ4v) is 3.44. The van der Waals surface area contributed by atoms with Crippen LogP contribution in [0.25, 0.3) is 0 Å². The molecular weight excluding hydrogens is 281 g/mol. The zero-order valence-corrected chi connectivity index (χ0v) is 12.0. The normalized spacial score (nSPS) is 31.6. The molecule has 3 nitrogen and oxygen atoms in total. The van der Waals surface area contributed by atoms with E-state index in [2.05, 4.69) is 0 Å². The lowest BCUT2D eigenvalue weighted by Gasteiger charge is -2.39. The van der Waals surface area contributed by atoms with Crippen LogP contribution in [0.2, 0.25) is 5.02 Å². The van der Waals surface area contributed by atoms with Crippen molar-refractivity contribution in [2.24, 2.45) is 11.7 Å². The van der Waals surface area contributed by atoms with Crippen LogP contribution in [0, 0.1) is 11.7 Å². The van der Waals surface area contributed by atoms with Gasteiger partial charge in [0.1, 0.15) is 5.82 Å². The van der Waals surface area contributed by atoms with E-state index < -0.39 is 0 Å². The molecule has 110 valence electrons. The molecule has 2 N–H and O–H groups in total. The third kappa shape index (κ3) is 2.70. The summed E-state index contributed by atoms with van der Waals surface area (Å²) >= 11 is 5.95. The molecule has 0 aliphatic carbocycles. The van der Waals surface area contributed by atoms with E-state index in [-0.39, 0.29) is 23.4 Å². The smallest absolute Gasteiger partial charge is 0.128 e. The first-order chi connectivity index (χ1) is 9.60. The number of ether oxygens (including phenoxy) is 2. The van der Waals surface area contributed by atoms with Crippen LogP contribution < -0.4 is 5.73 Å². The Morgan fingerprint density at radius 3 is 3.00 bits per heavy atom. The van der Waals surface area contributed by atoms with E-state index in [1.54, 1.807) is 12.1 Å². The Bertz CT molecular complexity index is 491. The second-order valence-corrected chi connectivity index (χ2v) is 6.21. The summed E-state index contributed by atoms with van der Waals surface area (Å²) in [7, 11) is 0. The first kappa shape index (κ1) is 14.3. The quantitative estimate of drug-likeness (QED) is 0.913. The molecule has 20 heavy (non-hydrogen) atoms. The van der Waals surface area contributed by atoms with Crippen LogP contribution in [0.15, 0.2) is 18.2 Å². The van der Waals surface area contributed by atoms with Crippen molar-refractivity contribution in [1.29, 1.82) is 0 Å². The van der Waals surface area contributed by atoms with Crippen molar-refractivity contribution in [1.82, 2.24) is 0 Å². The van der Waals surface area contributed by atoms with Gasteiger partial charge in [-0.1, -0.05) is 11.6 Å². The zero-order valence-electron chi connectivity index (χ0n) is 11.3. The summed E-state index contributed by atoms with van der Waals surface area (Å²) < 4.78 is 25.3. The van der Waals surface area contributed by atoms with Crippen molar-refractivity contribution in [2.75, 3.05) is 19.8 Å². The molecule has 2 saturated heterocycles. The monoisotopic (exact) mass is 299 g/mol. The SMILES string of the molecule is NC(c1cc(Cl)ccc1F)C1CCOC2(CCOC2)C1. The molecule has 0 saturated carbocycles. The molecule has 2 heterocycles. The largest absolute Gasteiger partial charge is 0.378 e. The third-order valence-electron chi connectivity index (χ3n) is 4.42.